The Balaban J connectivity index is 0.00000132. The molecule has 7 heteroatoms. The largest absolute Gasteiger partial charge is 0.494 e. The number of aromatic nitrogens is 2. The van der Waals surface area contributed by atoms with Crippen LogP contribution in [0.1, 0.15) is 63.2 Å². The van der Waals surface area contributed by atoms with Crippen LogP contribution in [-0.4, -0.2) is 41.0 Å². The second-order valence-corrected chi connectivity index (χ2v) is 7.86. The minimum absolute atomic E-state index is 0.0351. The van der Waals surface area contributed by atoms with E-state index in [4.69, 9.17) is 14.0 Å². The van der Waals surface area contributed by atoms with E-state index in [1.54, 1.807) is 11.4 Å². The molecule has 2 aromatic heterocycles. The molecular formula is C24H31BN2O4. The maximum Gasteiger partial charge on any atom is 0.494 e. The maximum absolute atomic E-state index is 12.2. The molecule has 3 aromatic rings. The molecule has 0 bridgehead atoms. The average molecular weight is 422 g/mol. The van der Waals surface area contributed by atoms with E-state index in [9.17, 15) is 4.79 Å². The lowest BCUT2D eigenvalue weighted by Gasteiger charge is -2.21. The third-order valence-corrected chi connectivity index (χ3v) is 5.43. The Kier molecular flexibility index (Phi) is 7.18. The Morgan fingerprint density at radius 3 is 2.55 bits per heavy atom. The van der Waals surface area contributed by atoms with Gasteiger partial charge in [0.25, 0.3) is 0 Å². The minimum atomic E-state index is -0.410. The fraction of sp³-hybridized carbons (Fsp3) is 0.417. The van der Waals surface area contributed by atoms with Crippen molar-refractivity contribution in [2.45, 2.75) is 59.7 Å². The van der Waals surface area contributed by atoms with Gasteiger partial charge in [0.2, 0.25) is 0 Å². The summed E-state index contributed by atoms with van der Waals surface area (Å²) < 4.78 is 18.8. The highest BCUT2D eigenvalue weighted by molar-refractivity contribution is 6.62. The first-order chi connectivity index (χ1) is 14.9. The summed E-state index contributed by atoms with van der Waals surface area (Å²) in [5, 5.41) is 4.35. The maximum atomic E-state index is 12.2. The van der Waals surface area contributed by atoms with E-state index in [-0.39, 0.29) is 18.8 Å². The topological polar surface area (TPSA) is 62.1 Å². The normalized spacial score (nSPS) is 17.4. The molecule has 164 valence electrons. The van der Waals surface area contributed by atoms with Gasteiger partial charge in [-0.2, -0.15) is 5.10 Å². The Morgan fingerprint density at radius 1 is 1.23 bits per heavy atom. The lowest BCUT2D eigenvalue weighted by Crippen LogP contribution is -2.34. The van der Waals surface area contributed by atoms with Gasteiger partial charge in [-0.1, -0.05) is 38.1 Å². The lowest BCUT2D eigenvalue weighted by atomic mass is 9.78. The molecule has 1 unspecified atom stereocenters. The van der Waals surface area contributed by atoms with Gasteiger partial charge in [-0.25, -0.2) is 9.31 Å². The van der Waals surface area contributed by atoms with Crippen LogP contribution in [0.2, 0.25) is 0 Å². The molecule has 1 fully saturated rings. The van der Waals surface area contributed by atoms with Crippen molar-refractivity contribution < 1.29 is 18.8 Å². The number of nitrogens with zero attached hydrogens (tertiary/aromatic N) is 2. The van der Waals surface area contributed by atoms with Gasteiger partial charge in [-0.15, -0.1) is 0 Å². The van der Waals surface area contributed by atoms with Crippen LogP contribution in [0, 0.1) is 0 Å². The van der Waals surface area contributed by atoms with Crippen LogP contribution in [0.25, 0.3) is 5.52 Å². The third-order valence-electron chi connectivity index (χ3n) is 5.43. The second-order valence-electron chi connectivity index (χ2n) is 7.86. The van der Waals surface area contributed by atoms with E-state index >= 15 is 0 Å². The fourth-order valence-corrected chi connectivity index (χ4v) is 3.45. The molecule has 4 rings (SSSR count). The first-order valence-corrected chi connectivity index (χ1v) is 10.9. The van der Waals surface area contributed by atoms with Crippen molar-refractivity contribution in [3.63, 3.8) is 0 Å². The monoisotopic (exact) mass is 422 g/mol. The zero-order valence-corrected chi connectivity index (χ0v) is 19.2. The number of benzene rings is 1. The predicted molar refractivity (Wildman–Crippen MR) is 123 cm³/mol. The van der Waals surface area contributed by atoms with Crippen molar-refractivity contribution in [3.8, 4) is 0 Å². The van der Waals surface area contributed by atoms with E-state index in [2.05, 4.69) is 17.2 Å². The van der Waals surface area contributed by atoms with Crippen molar-refractivity contribution in [2.24, 2.45) is 0 Å². The summed E-state index contributed by atoms with van der Waals surface area (Å²) in [6.45, 7) is 12.2. The fourth-order valence-electron chi connectivity index (χ4n) is 3.45. The number of esters is 1. The number of carbonyl (C=O) groups is 1. The van der Waals surface area contributed by atoms with E-state index in [0.717, 1.165) is 22.1 Å². The average Bonchev–Trinajstić information content (AvgIpc) is 3.34. The number of carbonyl (C=O) groups excluding carboxylic acids is 1. The number of rotatable bonds is 5. The first-order valence-electron chi connectivity index (χ1n) is 10.9. The highest BCUT2D eigenvalue weighted by Crippen LogP contribution is 2.27. The highest BCUT2D eigenvalue weighted by atomic mass is 16.7. The summed E-state index contributed by atoms with van der Waals surface area (Å²) in [6.07, 6.45) is 2.55. The SMILES string of the molecule is CC.CCOC(=O)c1cc(Cc2ccc(B3OC(C)C(C)(C)O3)cc2)c2cccn2n1. The number of fused-ring (bicyclic) bond motifs is 1. The summed E-state index contributed by atoms with van der Waals surface area (Å²) in [6, 6.07) is 13.9. The van der Waals surface area contributed by atoms with Gasteiger partial charge in [-0.05, 0) is 68.9 Å². The molecule has 3 heterocycles. The quantitative estimate of drug-likeness (QED) is 0.459. The van der Waals surface area contributed by atoms with Crippen LogP contribution >= 0.6 is 0 Å². The second kappa shape index (κ2) is 9.66. The molecule has 1 aliphatic heterocycles. The summed E-state index contributed by atoms with van der Waals surface area (Å²) in [7, 11) is -0.345. The first kappa shape index (κ1) is 23.0. The molecule has 0 amide bonds. The molecule has 0 aliphatic carbocycles. The minimum Gasteiger partial charge on any atom is -0.461 e. The van der Waals surface area contributed by atoms with E-state index in [0.29, 0.717) is 18.7 Å². The summed E-state index contributed by atoms with van der Waals surface area (Å²) >= 11 is 0. The zero-order valence-electron chi connectivity index (χ0n) is 19.2. The molecular weight excluding hydrogens is 391 g/mol. The lowest BCUT2D eigenvalue weighted by molar-refractivity contribution is 0.0517. The number of hydrogen-bond acceptors (Lipinski definition) is 5. The smallest absolute Gasteiger partial charge is 0.461 e. The van der Waals surface area contributed by atoms with Crippen LogP contribution in [0.15, 0.2) is 48.7 Å². The summed E-state index contributed by atoms with van der Waals surface area (Å²) in [5.74, 6) is -0.410. The predicted octanol–water partition coefficient (Wildman–Crippen LogP) is 4.04. The van der Waals surface area contributed by atoms with Gasteiger partial charge in [-0.3, -0.25) is 0 Å². The Hall–Kier alpha value is -2.64. The van der Waals surface area contributed by atoms with Crippen molar-refractivity contribution in [1.29, 1.82) is 0 Å². The Labute approximate surface area is 184 Å². The van der Waals surface area contributed by atoms with Crippen molar-refractivity contribution in [1.82, 2.24) is 9.61 Å². The molecule has 6 nitrogen and oxygen atoms in total. The van der Waals surface area contributed by atoms with Crippen LogP contribution in [-0.2, 0) is 20.5 Å². The highest BCUT2D eigenvalue weighted by Gasteiger charge is 2.43. The molecule has 0 spiro atoms. The van der Waals surface area contributed by atoms with E-state index < -0.39 is 5.97 Å². The van der Waals surface area contributed by atoms with Crippen LogP contribution in [0.5, 0.6) is 0 Å². The molecule has 1 atom stereocenters. The Bertz CT molecular complexity index is 1030. The van der Waals surface area contributed by atoms with Gasteiger partial charge in [0.05, 0.1) is 23.8 Å². The standard InChI is InChI=1S/C22H25BN2O4.C2H6/c1-5-27-21(26)19-14-17(20-7-6-12-25(20)24-19)13-16-8-10-18(11-9-16)23-28-15(2)22(3,4)29-23;1-2/h6-12,14-15H,5,13H2,1-4H3;1-2H3. The molecule has 1 aromatic carbocycles. The number of hydrogen-bond donors (Lipinski definition) is 0. The molecule has 0 N–H and O–H groups in total. The molecule has 0 radical (unpaired) electrons. The van der Waals surface area contributed by atoms with E-state index in [1.807, 2.05) is 71.1 Å². The zero-order chi connectivity index (χ0) is 22.6. The van der Waals surface area contributed by atoms with Crippen molar-refractivity contribution in [3.05, 3.63) is 65.5 Å². The van der Waals surface area contributed by atoms with Gasteiger partial charge in [0.1, 0.15) is 0 Å². The molecule has 31 heavy (non-hydrogen) atoms. The molecule has 1 saturated heterocycles. The van der Waals surface area contributed by atoms with Crippen molar-refractivity contribution in [2.75, 3.05) is 6.61 Å². The number of ether oxygens (including phenoxy) is 1. The van der Waals surface area contributed by atoms with Gasteiger partial charge in [0.15, 0.2) is 5.69 Å². The van der Waals surface area contributed by atoms with Crippen LogP contribution in [0.3, 0.4) is 0 Å². The summed E-state index contributed by atoms with van der Waals surface area (Å²) in [4.78, 5) is 12.2. The van der Waals surface area contributed by atoms with Crippen LogP contribution < -0.4 is 5.46 Å². The Morgan fingerprint density at radius 2 is 1.94 bits per heavy atom. The van der Waals surface area contributed by atoms with E-state index in [1.165, 1.54) is 0 Å². The van der Waals surface area contributed by atoms with Gasteiger partial charge < -0.3 is 14.0 Å². The van der Waals surface area contributed by atoms with Gasteiger partial charge >= 0.3 is 13.1 Å². The van der Waals surface area contributed by atoms with Crippen LogP contribution in [0.4, 0.5) is 0 Å². The molecule has 1 aliphatic rings. The molecule has 0 saturated carbocycles. The van der Waals surface area contributed by atoms with Gasteiger partial charge in [0, 0.05) is 6.20 Å². The summed E-state index contributed by atoms with van der Waals surface area (Å²) in [5.41, 5.74) is 4.13. The van der Waals surface area contributed by atoms with Crippen molar-refractivity contribution >= 4 is 24.1 Å². The third kappa shape index (κ3) is 5.00.